The molecule has 0 N–H and O–H groups in total. The van der Waals surface area contributed by atoms with Crippen LogP contribution in [0.4, 0.5) is 5.82 Å². The largest absolute Gasteiger partial charge is 0.376 e. The molecule has 0 aliphatic carbocycles. The van der Waals surface area contributed by atoms with Crippen molar-refractivity contribution in [3.63, 3.8) is 0 Å². The molecule has 0 bridgehead atoms. The van der Waals surface area contributed by atoms with Crippen molar-refractivity contribution in [2.45, 2.75) is 45.4 Å². The number of pyridine rings is 1. The van der Waals surface area contributed by atoms with E-state index in [1.165, 1.54) is 11.3 Å². The van der Waals surface area contributed by atoms with Crippen LogP contribution in [0.1, 0.15) is 37.6 Å². The second-order valence-corrected chi connectivity index (χ2v) is 7.54. The minimum absolute atomic E-state index is 0.287. The Morgan fingerprint density at radius 1 is 1.27 bits per heavy atom. The van der Waals surface area contributed by atoms with Gasteiger partial charge in [0.2, 0.25) is 0 Å². The van der Waals surface area contributed by atoms with Crippen LogP contribution in [-0.2, 0) is 17.7 Å². The van der Waals surface area contributed by atoms with E-state index in [9.17, 15) is 0 Å². The van der Waals surface area contributed by atoms with Crippen molar-refractivity contribution in [2.24, 2.45) is 0 Å². The summed E-state index contributed by atoms with van der Waals surface area (Å²) in [6.07, 6.45) is 6.14. The van der Waals surface area contributed by atoms with Gasteiger partial charge in [0.25, 0.3) is 0 Å². The highest BCUT2D eigenvalue weighted by Crippen LogP contribution is 2.17. The summed E-state index contributed by atoms with van der Waals surface area (Å²) in [4.78, 5) is 8.92. The van der Waals surface area contributed by atoms with Crippen LogP contribution in [0.25, 0.3) is 0 Å². The number of aromatic nitrogens is 3. The molecule has 142 valence electrons. The van der Waals surface area contributed by atoms with Crippen molar-refractivity contribution >= 4 is 5.82 Å². The highest BCUT2D eigenvalue weighted by Gasteiger charge is 2.21. The van der Waals surface area contributed by atoms with Gasteiger partial charge in [0.15, 0.2) is 0 Å². The van der Waals surface area contributed by atoms with Crippen molar-refractivity contribution in [1.82, 2.24) is 19.7 Å². The fraction of sp³-hybridized carbons (Fsp3) is 0.600. The van der Waals surface area contributed by atoms with E-state index >= 15 is 0 Å². The zero-order valence-corrected chi connectivity index (χ0v) is 16.4. The van der Waals surface area contributed by atoms with Crippen LogP contribution < -0.4 is 4.90 Å². The van der Waals surface area contributed by atoms with Gasteiger partial charge in [0.1, 0.15) is 5.82 Å². The van der Waals surface area contributed by atoms with E-state index in [4.69, 9.17) is 4.74 Å². The molecule has 0 saturated carbocycles. The van der Waals surface area contributed by atoms with Gasteiger partial charge in [-0.1, -0.05) is 0 Å². The molecule has 0 unspecified atom stereocenters. The molecule has 6 heteroatoms. The van der Waals surface area contributed by atoms with E-state index < -0.39 is 0 Å². The minimum atomic E-state index is 0.287. The molecule has 1 fully saturated rings. The molecule has 0 aromatic carbocycles. The summed E-state index contributed by atoms with van der Waals surface area (Å²) in [7, 11) is 4.05. The van der Waals surface area contributed by atoms with Crippen LogP contribution in [0.5, 0.6) is 0 Å². The molecule has 6 nitrogen and oxygen atoms in total. The lowest BCUT2D eigenvalue weighted by molar-refractivity contribution is -0.0353. The monoisotopic (exact) mass is 357 g/mol. The molecule has 2 aromatic heterocycles. The van der Waals surface area contributed by atoms with Gasteiger partial charge in [-0.2, -0.15) is 5.10 Å². The Kier molecular flexibility index (Phi) is 6.27. The van der Waals surface area contributed by atoms with Gasteiger partial charge in [0, 0.05) is 52.2 Å². The third-order valence-electron chi connectivity index (χ3n) is 4.87. The number of anilines is 1. The Bertz CT molecular complexity index is 697. The van der Waals surface area contributed by atoms with Gasteiger partial charge in [0.05, 0.1) is 18.4 Å². The maximum Gasteiger partial charge on any atom is 0.128 e. The van der Waals surface area contributed by atoms with Gasteiger partial charge in [-0.25, -0.2) is 4.98 Å². The molecule has 0 radical (unpaired) electrons. The first kappa shape index (κ1) is 18.9. The molecule has 1 aliphatic rings. The fourth-order valence-electron chi connectivity index (χ4n) is 3.45. The zero-order valence-electron chi connectivity index (χ0n) is 16.4. The molecule has 0 spiro atoms. The van der Waals surface area contributed by atoms with E-state index in [0.717, 1.165) is 44.9 Å². The lowest BCUT2D eigenvalue weighted by atomic mass is 10.1. The summed E-state index contributed by atoms with van der Waals surface area (Å²) in [6.45, 7) is 8.07. The van der Waals surface area contributed by atoms with Crippen LogP contribution in [0, 0.1) is 0 Å². The summed E-state index contributed by atoms with van der Waals surface area (Å²) < 4.78 is 8.13. The Labute approximate surface area is 156 Å². The fourth-order valence-corrected chi connectivity index (χ4v) is 3.45. The number of ether oxygens (including phenoxy) is 1. The van der Waals surface area contributed by atoms with Crippen LogP contribution in [-0.4, -0.2) is 59.6 Å². The summed E-state index contributed by atoms with van der Waals surface area (Å²) in [5.74, 6) is 1.01. The van der Waals surface area contributed by atoms with Gasteiger partial charge < -0.3 is 9.64 Å². The zero-order chi connectivity index (χ0) is 18.5. The molecule has 2 aromatic rings. The topological polar surface area (TPSA) is 46.4 Å². The van der Waals surface area contributed by atoms with Crippen LogP contribution in [0.3, 0.4) is 0 Å². The number of hydrogen-bond acceptors (Lipinski definition) is 5. The van der Waals surface area contributed by atoms with Gasteiger partial charge in [-0.15, -0.1) is 0 Å². The molecule has 3 heterocycles. The molecule has 26 heavy (non-hydrogen) atoms. The summed E-state index contributed by atoms with van der Waals surface area (Å²) in [5.41, 5.74) is 2.60. The van der Waals surface area contributed by atoms with Gasteiger partial charge in [-0.05, 0) is 50.5 Å². The van der Waals surface area contributed by atoms with Gasteiger partial charge in [-0.3, -0.25) is 9.58 Å². The normalized spacial score (nSPS) is 18.4. The third kappa shape index (κ3) is 4.83. The molecule has 1 aliphatic heterocycles. The molecule has 1 atom stereocenters. The first-order chi connectivity index (χ1) is 12.5. The molecule has 1 saturated heterocycles. The lowest BCUT2D eigenvalue weighted by Crippen LogP contribution is -2.42. The second kappa shape index (κ2) is 8.64. The predicted molar refractivity (Wildman–Crippen MR) is 105 cm³/mol. The van der Waals surface area contributed by atoms with Crippen molar-refractivity contribution in [1.29, 1.82) is 0 Å². The molecule has 3 rings (SSSR count). The third-order valence-corrected chi connectivity index (χ3v) is 4.87. The van der Waals surface area contributed by atoms with Gasteiger partial charge >= 0.3 is 0 Å². The summed E-state index contributed by atoms with van der Waals surface area (Å²) >= 11 is 0. The molecular formula is C20H31N5O. The van der Waals surface area contributed by atoms with Crippen LogP contribution in [0.15, 0.2) is 30.6 Å². The Hall–Kier alpha value is -1.92. The average molecular weight is 358 g/mol. The summed E-state index contributed by atoms with van der Waals surface area (Å²) in [5, 5.41) is 4.45. The van der Waals surface area contributed by atoms with E-state index in [-0.39, 0.29) is 6.10 Å². The predicted octanol–water partition coefficient (Wildman–Crippen LogP) is 2.76. The summed E-state index contributed by atoms with van der Waals surface area (Å²) in [6, 6.07) is 6.80. The second-order valence-electron chi connectivity index (χ2n) is 7.54. The number of rotatable bonds is 7. The quantitative estimate of drug-likeness (QED) is 0.762. The smallest absolute Gasteiger partial charge is 0.128 e. The first-order valence-corrected chi connectivity index (χ1v) is 9.51. The number of aryl methyl sites for hydroxylation is 1. The average Bonchev–Trinajstić information content (AvgIpc) is 3.09. The van der Waals surface area contributed by atoms with E-state index in [0.29, 0.717) is 6.04 Å². The SMILES string of the molecule is CC(C)n1nccc1CN1CCO[C@H](CCc2ccnc(N(C)C)c2)C1. The van der Waals surface area contributed by atoms with Crippen molar-refractivity contribution < 1.29 is 4.74 Å². The standard InChI is InChI=1S/C20H31N5O/c1-16(2)25-18(8-10-22-25)14-24-11-12-26-19(15-24)6-5-17-7-9-21-20(13-17)23(3)4/h7-10,13,16,19H,5-6,11-12,14-15H2,1-4H3/t19-/m1/s1. The molecule has 0 amide bonds. The Balaban J connectivity index is 1.54. The van der Waals surface area contributed by atoms with Crippen LogP contribution in [0.2, 0.25) is 0 Å². The van der Waals surface area contributed by atoms with Crippen molar-refractivity contribution in [3.8, 4) is 0 Å². The molecular weight excluding hydrogens is 326 g/mol. The maximum atomic E-state index is 6.01. The number of morpholine rings is 1. The Morgan fingerprint density at radius 2 is 2.12 bits per heavy atom. The van der Waals surface area contributed by atoms with E-state index in [1.807, 2.05) is 31.4 Å². The van der Waals surface area contributed by atoms with Crippen LogP contribution >= 0.6 is 0 Å². The van der Waals surface area contributed by atoms with Crippen molar-refractivity contribution in [2.75, 3.05) is 38.7 Å². The minimum Gasteiger partial charge on any atom is -0.376 e. The highest BCUT2D eigenvalue weighted by atomic mass is 16.5. The number of hydrogen-bond donors (Lipinski definition) is 0. The number of nitrogens with zero attached hydrogens (tertiary/aromatic N) is 5. The first-order valence-electron chi connectivity index (χ1n) is 9.51. The van der Waals surface area contributed by atoms with Crippen molar-refractivity contribution in [3.05, 3.63) is 41.9 Å². The van der Waals surface area contributed by atoms with E-state index in [1.54, 1.807) is 0 Å². The Morgan fingerprint density at radius 3 is 2.88 bits per heavy atom. The van der Waals surface area contributed by atoms with E-state index in [2.05, 4.69) is 51.7 Å². The lowest BCUT2D eigenvalue weighted by Gasteiger charge is -2.33. The highest BCUT2D eigenvalue weighted by molar-refractivity contribution is 5.39. The maximum absolute atomic E-state index is 6.01.